The summed E-state index contributed by atoms with van der Waals surface area (Å²) in [4.78, 5) is 11.9. The Morgan fingerprint density at radius 1 is 1.55 bits per heavy atom. The molecule has 0 heterocycles. The van der Waals surface area contributed by atoms with Gasteiger partial charge in [0.1, 0.15) is 12.4 Å². The van der Waals surface area contributed by atoms with E-state index in [4.69, 9.17) is 5.11 Å². The third-order valence-corrected chi connectivity index (χ3v) is 3.55. The monoisotopic (exact) mass is 275 g/mol. The Bertz CT molecular complexity index is 555. The Hall–Kier alpha value is -1.86. The van der Waals surface area contributed by atoms with Gasteiger partial charge in [-0.15, -0.1) is 0 Å². The highest BCUT2D eigenvalue weighted by molar-refractivity contribution is 5.78. The van der Waals surface area contributed by atoms with Gasteiger partial charge in [-0.05, 0) is 37.0 Å². The molecule has 1 atom stereocenters. The Balaban J connectivity index is 1.99. The highest BCUT2D eigenvalue weighted by Crippen LogP contribution is 2.36. The molecule has 0 saturated heterocycles. The van der Waals surface area contributed by atoms with Crippen molar-refractivity contribution >= 4 is 5.91 Å². The van der Waals surface area contributed by atoms with Crippen molar-refractivity contribution in [3.8, 4) is 11.8 Å². The SMILES string of the molecule is CC(C(=O)NCc1cc(C#CCO)ccc1F)C1CC1. The Morgan fingerprint density at radius 2 is 2.30 bits per heavy atom. The number of amides is 1. The van der Waals surface area contributed by atoms with Crippen LogP contribution < -0.4 is 5.32 Å². The summed E-state index contributed by atoms with van der Waals surface area (Å²) in [5.41, 5.74) is 1.03. The van der Waals surface area contributed by atoms with Crippen molar-refractivity contribution in [2.24, 2.45) is 11.8 Å². The molecular weight excluding hydrogens is 257 g/mol. The maximum Gasteiger partial charge on any atom is 0.223 e. The van der Waals surface area contributed by atoms with Crippen LogP contribution >= 0.6 is 0 Å². The fraction of sp³-hybridized carbons (Fsp3) is 0.438. The number of aliphatic hydroxyl groups is 1. The van der Waals surface area contributed by atoms with Crippen LogP contribution in [0.3, 0.4) is 0 Å². The van der Waals surface area contributed by atoms with Crippen molar-refractivity contribution in [2.75, 3.05) is 6.61 Å². The number of benzene rings is 1. The van der Waals surface area contributed by atoms with Gasteiger partial charge in [-0.2, -0.15) is 0 Å². The van der Waals surface area contributed by atoms with Crippen LogP contribution in [0.2, 0.25) is 0 Å². The van der Waals surface area contributed by atoms with E-state index in [0.717, 1.165) is 12.8 Å². The van der Waals surface area contributed by atoms with Crippen LogP contribution in [0.15, 0.2) is 18.2 Å². The third-order valence-electron chi connectivity index (χ3n) is 3.55. The first-order valence-electron chi connectivity index (χ1n) is 6.77. The summed E-state index contributed by atoms with van der Waals surface area (Å²) in [6.45, 7) is 1.84. The van der Waals surface area contributed by atoms with Crippen molar-refractivity contribution < 1.29 is 14.3 Å². The van der Waals surface area contributed by atoms with E-state index in [-0.39, 0.29) is 30.8 Å². The van der Waals surface area contributed by atoms with Gasteiger partial charge in [0, 0.05) is 23.6 Å². The lowest BCUT2D eigenvalue weighted by Gasteiger charge is -2.11. The number of rotatable bonds is 4. The fourth-order valence-corrected chi connectivity index (χ4v) is 2.08. The molecule has 1 aliphatic carbocycles. The molecule has 106 valence electrons. The van der Waals surface area contributed by atoms with Gasteiger partial charge in [-0.25, -0.2) is 4.39 Å². The first-order chi connectivity index (χ1) is 9.61. The second-order valence-electron chi connectivity index (χ2n) is 5.11. The summed E-state index contributed by atoms with van der Waals surface area (Å²) in [7, 11) is 0. The van der Waals surface area contributed by atoms with E-state index < -0.39 is 0 Å². The lowest BCUT2D eigenvalue weighted by Crippen LogP contribution is -2.30. The van der Waals surface area contributed by atoms with Gasteiger partial charge in [0.2, 0.25) is 5.91 Å². The number of hydrogen-bond donors (Lipinski definition) is 2. The zero-order valence-corrected chi connectivity index (χ0v) is 11.4. The number of aliphatic hydroxyl groups excluding tert-OH is 1. The zero-order valence-electron chi connectivity index (χ0n) is 11.4. The predicted octanol–water partition coefficient (Wildman–Crippen LogP) is 1.83. The van der Waals surface area contributed by atoms with Crippen molar-refractivity contribution in [3.05, 3.63) is 35.1 Å². The fourth-order valence-electron chi connectivity index (χ4n) is 2.08. The molecule has 1 aromatic carbocycles. The quantitative estimate of drug-likeness (QED) is 0.824. The maximum absolute atomic E-state index is 13.7. The minimum atomic E-state index is -0.362. The van der Waals surface area contributed by atoms with E-state index in [2.05, 4.69) is 17.2 Å². The van der Waals surface area contributed by atoms with Gasteiger partial charge in [-0.3, -0.25) is 4.79 Å². The van der Waals surface area contributed by atoms with Crippen LogP contribution in [0, 0.1) is 29.5 Å². The average molecular weight is 275 g/mol. The first kappa shape index (κ1) is 14.5. The minimum absolute atomic E-state index is 0.00424. The Kier molecular flexibility index (Phi) is 4.75. The second-order valence-corrected chi connectivity index (χ2v) is 5.11. The molecule has 0 spiro atoms. The number of halogens is 1. The van der Waals surface area contributed by atoms with Gasteiger partial charge in [0.05, 0.1) is 0 Å². The van der Waals surface area contributed by atoms with Gasteiger partial charge in [-0.1, -0.05) is 18.8 Å². The molecule has 0 aliphatic heterocycles. The summed E-state index contributed by atoms with van der Waals surface area (Å²) >= 11 is 0. The molecule has 0 aromatic heterocycles. The number of carbonyl (C=O) groups excluding carboxylic acids is 1. The summed E-state index contributed by atoms with van der Waals surface area (Å²) < 4.78 is 13.7. The normalized spacial score (nSPS) is 15.2. The summed E-state index contributed by atoms with van der Waals surface area (Å²) in [6.07, 6.45) is 2.21. The molecule has 20 heavy (non-hydrogen) atoms. The lowest BCUT2D eigenvalue weighted by atomic mass is 10.1. The van der Waals surface area contributed by atoms with Crippen LogP contribution in [0.25, 0.3) is 0 Å². The molecule has 3 nitrogen and oxygen atoms in total. The summed E-state index contributed by atoms with van der Waals surface area (Å²) in [5, 5.41) is 11.4. The number of hydrogen-bond acceptors (Lipinski definition) is 2. The van der Waals surface area contributed by atoms with Crippen molar-refractivity contribution in [3.63, 3.8) is 0 Å². The standard InChI is InChI=1S/C16H18FNO2/c1-11(13-5-6-13)16(20)18-10-14-9-12(3-2-8-19)4-7-15(14)17/h4,7,9,11,13,19H,5-6,8,10H2,1H3,(H,18,20). The molecule has 1 amide bonds. The Labute approximate surface area is 118 Å². The summed E-state index contributed by atoms with van der Waals surface area (Å²) in [5.74, 6) is 5.33. The molecule has 2 rings (SSSR count). The Morgan fingerprint density at radius 3 is 2.95 bits per heavy atom. The van der Waals surface area contributed by atoms with Gasteiger partial charge < -0.3 is 10.4 Å². The van der Waals surface area contributed by atoms with Gasteiger partial charge in [0.15, 0.2) is 0 Å². The molecule has 0 radical (unpaired) electrons. The van der Waals surface area contributed by atoms with E-state index in [0.29, 0.717) is 17.0 Å². The molecule has 0 bridgehead atoms. The topological polar surface area (TPSA) is 49.3 Å². The zero-order chi connectivity index (χ0) is 14.5. The van der Waals surface area contributed by atoms with E-state index in [1.807, 2.05) is 6.92 Å². The minimum Gasteiger partial charge on any atom is -0.384 e. The number of carbonyl (C=O) groups is 1. The molecule has 1 saturated carbocycles. The average Bonchev–Trinajstić information content (AvgIpc) is 3.28. The molecule has 2 N–H and O–H groups in total. The van der Waals surface area contributed by atoms with Gasteiger partial charge >= 0.3 is 0 Å². The largest absolute Gasteiger partial charge is 0.384 e. The van der Waals surface area contributed by atoms with Gasteiger partial charge in [0.25, 0.3) is 0 Å². The number of nitrogens with one attached hydrogen (secondary N) is 1. The molecule has 1 unspecified atom stereocenters. The molecule has 1 aliphatic rings. The highest BCUT2D eigenvalue weighted by atomic mass is 19.1. The highest BCUT2D eigenvalue weighted by Gasteiger charge is 2.32. The van der Waals surface area contributed by atoms with Crippen LogP contribution in [-0.4, -0.2) is 17.6 Å². The smallest absolute Gasteiger partial charge is 0.223 e. The van der Waals surface area contributed by atoms with Crippen molar-refractivity contribution in [1.29, 1.82) is 0 Å². The lowest BCUT2D eigenvalue weighted by molar-refractivity contribution is -0.125. The molecule has 1 fully saturated rings. The van der Waals surface area contributed by atoms with Crippen LogP contribution in [0.4, 0.5) is 4.39 Å². The maximum atomic E-state index is 13.7. The van der Waals surface area contributed by atoms with Crippen LogP contribution in [-0.2, 0) is 11.3 Å². The van der Waals surface area contributed by atoms with E-state index >= 15 is 0 Å². The predicted molar refractivity (Wildman–Crippen MR) is 74.1 cm³/mol. The molecule has 4 heteroatoms. The van der Waals surface area contributed by atoms with E-state index in [9.17, 15) is 9.18 Å². The second kappa shape index (κ2) is 6.53. The van der Waals surface area contributed by atoms with Crippen LogP contribution in [0.5, 0.6) is 0 Å². The molecular formula is C16H18FNO2. The van der Waals surface area contributed by atoms with E-state index in [1.165, 1.54) is 6.07 Å². The molecule has 1 aromatic rings. The first-order valence-corrected chi connectivity index (χ1v) is 6.77. The summed E-state index contributed by atoms with van der Waals surface area (Å²) in [6, 6.07) is 4.48. The third kappa shape index (κ3) is 3.82. The van der Waals surface area contributed by atoms with Crippen molar-refractivity contribution in [2.45, 2.75) is 26.3 Å². The van der Waals surface area contributed by atoms with Crippen LogP contribution in [0.1, 0.15) is 30.9 Å². The van der Waals surface area contributed by atoms with E-state index in [1.54, 1.807) is 12.1 Å². The van der Waals surface area contributed by atoms with Crippen molar-refractivity contribution in [1.82, 2.24) is 5.32 Å².